The van der Waals surface area contributed by atoms with Crippen LogP contribution in [0.25, 0.3) is 11.3 Å². The maximum absolute atomic E-state index is 9.67. The van der Waals surface area contributed by atoms with Crippen molar-refractivity contribution in [3.05, 3.63) is 53.4 Å². The first-order chi connectivity index (χ1) is 10.7. The maximum Gasteiger partial charge on any atom is 0.187 e. The van der Waals surface area contributed by atoms with Crippen LogP contribution in [0.15, 0.2) is 47.8 Å². The molecule has 22 heavy (non-hydrogen) atoms. The highest BCUT2D eigenvalue weighted by atomic mass is 32.1. The number of phenols is 2. The van der Waals surface area contributed by atoms with Crippen molar-refractivity contribution in [3.8, 4) is 28.8 Å². The van der Waals surface area contributed by atoms with Gasteiger partial charge in [0.05, 0.1) is 11.3 Å². The Morgan fingerprint density at radius 1 is 1.14 bits per heavy atom. The summed E-state index contributed by atoms with van der Waals surface area (Å²) in [5.41, 5.74) is 2.13. The fourth-order valence-corrected chi connectivity index (χ4v) is 2.70. The zero-order chi connectivity index (χ0) is 15.5. The van der Waals surface area contributed by atoms with E-state index >= 15 is 0 Å². The predicted octanol–water partition coefficient (Wildman–Crippen LogP) is 3.84. The molecule has 0 atom stereocenters. The van der Waals surface area contributed by atoms with Gasteiger partial charge in [-0.2, -0.15) is 5.26 Å². The highest BCUT2D eigenvalue weighted by molar-refractivity contribution is 7.14. The van der Waals surface area contributed by atoms with E-state index in [1.807, 2.05) is 41.8 Å². The lowest BCUT2D eigenvalue weighted by Crippen LogP contribution is -1.89. The van der Waals surface area contributed by atoms with Crippen molar-refractivity contribution >= 4 is 22.2 Å². The second-order valence-electron chi connectivity index (χ2n) is 4.53. The van der Waals surface area contributed by atoms with Crippen molar-refractivity contribution in [2.45, 2.75) is 0 Å². The van der Waals surface area contributed by atoms with Gasteiger partial charge in [0.2, 0.25) is 0 Å². The van der Waals surface area contributed by atoms with Gasteiger partial charge in [-0.3, -0.25) is 0 Å². The SMILES string of the molecule is N#Cc1cc(-c2csc(Nc3ccccc3)n2)cc(O)c1O. The monoisotopic (exact) mass is 309 g/mol. The molecule has 0 aliphatic heterocycles. The number of phenolic OH excluding ortho intramolecular Hbond substituents is 2. The lowest BCUT2D eigenvalue weighted by molar-refractivity contribution is 0.403. The molecular formula is C16H11N3O2S. The normalized spacial score (nSPS) is 10.1. The van der Waals surface area contributed by atoms with E-state index in [0.29, 0.717) is 16.4 Å². The van der Waals surface area contributed by atoms with Gasteiger partial charge in [-0.05, 0) is 24.3 Å². The molecule has 1 aromatic heterocycles. The van der Waals surface area contributed by atoms with E-state index in [2.05, 4.69) is 10.3 Å². The molecule has 0 amide bonds. The van der Waals surface area contributed by atoms with Crippen molar-refractivity contribution in [1.82, 2.24) is 4.98 Å². The van der Waals surface area contributed by atoms with Gasteiger partial charge in [-0.1, -0.05) is 18.2 Å². The van der Waals surface area contributed by atoms with Crippen LogP contribution in [0.1, 0.15) is 5.56 Å². The quantitative estimate of drug-likeness (QED) is 0.640. The number of rotatable bonds is 3. The van der Waals surface area contributed by atoms with E-state index < -0.39 is 5.75 Å². The highest BCUT2D eigenvalue weighted by Crippen LogP contribution is 2.35. The fourth-order valence-electron chi connectivity index (χ4n) is 1.96. The number of nitrogens with one attached hydrogen (secondary N) is 1. The molecule has 2 aromatic carbocycles. The Bertz CT molecular complexity index is 854. The Labute approximate surface area is 130 Å². The van der Waals surface area contributed by atoms with E-state index in [4.69, 9.17) is 5.26 Å². The Balaban J connectivity index is 1.91. The molecule has 0 fully saturated rings. The summed E-state index contributed by atoms with van der Waals surface area (Å²) >= 11 is 1.41. The second kappa shape index (κ2) is 5.76. The summed E-state index contributed by atoms with van der Waals surface area (Å²) in [5, 5.41) is 33.9. The third-order valence-electron chi connectivity index (χ3n) is 3.04. The third-order valence-corrected chi connectivity index (χ3v) is 3.79. The van der Waals surface area contributed by atoms with Crippen LogP contribution in [0.5, 0.6) is 11.5 Å². The predicted molar refractivity (Wildman–Crippen MR) is 85.3 cm³/mol. The molecule has 5 nitrogen and oxygen atoms in total. The van der Waals surface area contributed by atoms with Crippen LogP contribution < -0.4 is 5.32 Å². The number of thiazole rings is 1. The number of anilines is 2. The largest absolute Gasteiger partial charge is 0.504 e. The number of hydrogen-bond acceptors (Lipinski definition) is 6. The van der Waals surface area contributed by atoms with E-state index in [1.165, 1.54) is 23.5 Å². The molecule has 108 valence electrons. The van der Waals surface area contributed by atoms with E-state index in [9.17, 15) is 10.2 Å². The van der Waals surface area contributed by atoms with Crippen LogP contribution in [0.2, 0.25) is 0 Å². The molecule has 0 bridgehead atoms. The number of nitrogens with zero attached hydrogens (tertiary/aromatic N) is 2. The minimum atomic E-state index is -0.413. The second-order valence-corrected chi connectivity index (χ2v) is 5.39. The van der Waals surface area contributed by atoms with Crippen molar-refractivity contribution in [2.24, 2.45) is 0 Å². The summed E-state index contributed by atoms with van der Waals surface area (Å²) < 4.78 is 0. The minimum Gasteiger partial charge on any atom is -0.504 e. The zero-order valence-corrected chi connectivity index (χ0v) is 12.1. The van der Waals surface area contributed by atoms with Crippen LogP contribution in [-0.2, 0) is 0 Å². The smallest absolute Gasteiger partial charge is 0.187 e. The minimum absolute atomic E-state index is 0.0144. The lowest BCUT2D eigenvalue weighted by Gasteiger charge is -2.03. The molecule has 3 aromatic rings. The third kappa shape index (κ3) is 2.71. The summed E-state index contributed by atoms with van der Waals surface area (Å²) in [7, 11) is 0. The Morgan fingerprint density at radius 2 is 1.91 bits per heavy atom. The Hall–Kier alpha value is -3.04. The number of aromatic nitrogens is 1. The number of aromatic hydroxyl groups is 2. The van der Waals surface area contributed by atoms with Gasteiger partial charge in [0.15, 0.2) is 16.6 Å². The van der Waals surface area contributed by atoms with E-state index in [-0.39, 0.29) is 11.3 Å². The van der Waals surface area contributed by atoms with Gasteiger partial charge in [0, 0.05) is 16.6 Å². The van der Waals surface area contributed by atoms with Gasteiger partial charge in [-0.15, -0.1) is 11.3 Å². The van der Waals surface area contributed by atoms with Crippen LogP contribution in [0, 0.1) is 11.3 Å². The van der Waals surface area contributed by atoms with Crippen LogP contribution >= 0.6 is 11.3 Å². The Morgan fingerprint density at radius 3 is 2.64 bits per heavy atom. The zero-order valence-electron chi connectivity index (χ0n) is 11.3. The first-order valence-electron chi connectivity index (χ1n) is 6.41. The van der Waals surface area contributed by atoms with Crippen LogP contribution in [0.4, 0.5) is 10.8 Å². The fraction of sp³-hybridized carbons (Fsp3) is 0. The van der Waals surface area contributed by atoms with Crippen molar-refractivity contribution in [1.29, 1.82) is 5.26 Å². The van der Waals surface area contributed by atoms with Crippen LogP contribution in [0.3, 0.4) is 0 Å². The molecule has 0 unspecified atom stereocenters. The first kappa shape index (κ1) is 13.9. The van der Waals surface area contributed by atoms with Crippen molar-refractivity contribution in [3.63, 3.8) is 0 Å². The maximum atomic E-state index is 9.67. The standard InChI is InChI=1S/C16H11N3O2S/c17-8-11-6-10(7-14(20)15(11)21)13-9-22-16(19-13)18-12-4-2-1-3-5-12/h1-7,9,20-21H,(H,18,19). The van der Waals surface area contributed by atoms with Crippen molar-refractivity contribution in [2.75, 3.05) is 5.32 Å². The van der Waals surface area contributed by atoms with E-state index in [1.54, 1.807) is 0 Å². The summed E-state index contributed by atoms with van der Waals surface area (Å²) in [6.07, 6.45) is 0. The average molecular weight is 309 g/mol. The molecule has 0 radical (unpaired) electrons. The molecule has 0 spiro atoms. The summed E-state index contributed by atoms with van der Waals surface area (Å²) in [5.74, 6) is -0.747. The number of benzene rings is 2. The van der Waals surface area contributed by atoms with Crippen molar-refractivity contribution < 1.29 is 10.2 Å². The molecule has 3 rings (SSSR count). The molecule has 1 heterocycles. The van der Waals surface area contributed by atoms with Gasteiger partial charge >= 0.3 is 0 Å². The molecule has 0 aliphatic carbocycles. The molecule has 0 aliphatic rings. The van der Waals surface area contributed by atoms with E-state index in [0.717, 1.165) is 5.69 Å². The van der Waals surface area contributed by atoms with Gasteiger partial charge in [-0.25, -0.2) is 4.98 Å². The summed E-state index contributed by atoms with van der Waals surface area (Å²) in [6, 6.07) is 14.4. The summed E-state index contributed by atoms with van der Waals surface area (Å²) in [4.78, 5) is 4.43. The van der Waals surface area contributed by atoms with Gasteiger partial charge in [0.1, 0.15) is 6.07 Å². The number of hydrogen-bond donors (Lipinski definition) is 3. The lowest BCUT2D eigenvalue weighted by atomic mass is 10.1. The number of para-hydroxylation sites is 1. The Kier molecular flexibility index (Phi) is 3.64. The van der Waals surface area contributed by atoms with Gasteiger partial charge in [0.25, 0.3) is 0 Å². The molecule has 6 heteroatoms. The number of nitriles is 1. The molecular weight excluding hydrogens is 298 g/mol. The molecule has 3 N–H and O–H groups in total. The molecule has 0 saturated heterocycles. The van der Waals surface area contributed by atoms with Gasteiger partial charge < -0.3 is 15.5 Å². The average Bonchev–Trinajstić information content (AvgIpc) is 2.99. The first-order valence-corrected chi connectivity index (χ1v) is 7.29. The molecule has 0 saturated carbocycles. The van der Waals surface area contributed by atoms with Crippen LogP contribution in [-0.4, -0.2) is 15.2 Å². The summed E-state index contributed by atoms with van der Waals surface area (Å²) in [6.45, 7) is 0. The highest BCUT2D eigenvalue weighted by Gasteiger charge is 2.12. The topological polar surface area (TPSA) is 89.2 Å².